The average Bonchev–Trinajstić information content (AvgIpc) is 2.98. The van der Waals surface area contributed by atoms with Crippen molar-refractivity contribution in [2.75, 3.05) is 4.72 Å². The molecule has 9 heteroatoms. The molecule has 4 rings (SSSR count). The highest BCUT2D eigenvalue weighted by Crippen LogP contribution is 2.25. The van der Waals surface area contributed by atoms with Crippen LogP contribution in [0.2, 0.25) is 5.02 Å². The maximum absolute atomic E-state index is 12.6. The van der Waals surface area contributed by atoms with E-state index in [1.54, 1.807) is 35.0 Å². The first-order chi connectivity index (χ1) is 13.4. The maximum atomic E-state index is 12.6. The molecule has 6 nitrogen and oxygen atoms in total. The van der Waals surface area contributed by atoms with Crippen molar-refractivity contribution in [2.24, 2.45) is 0 Å². The molecule has 0 aliphatic rings. The first-order valence-corrected chi connectivity index (χ1v) is 10.9. The van der Waals surface area contributed by atoms with E-state index in [2.05, 4.69) is 9.71 Å². The Labute approximate surface area is 170 Å². The highest BCUT2D eigenvalue weighted by Gasteiger charge is 2.17. The summed E-state index contributed by atoms with van der Waals surface area (Å²) in [7, 11) is -3.79. The number of rotatable bonds is 5. The first kappa shape index (κ1) is 18.7. The smallest absolute Gasteiger partial charge is 0.294 e. The minimum absolute atomic E-state index is 0.0787. The standard InChI is InChI=1S/C19H14ClN3O3S2/c20-16-6-2-1-4-13(16)12-23-17-8-7-15(10-18(17)27-19(23)24)28(25,26)22-14-5-3-9-21-11-14/h1-11,22H,12H2. The van der Waals surface area contributed by atoms with Crippen LogP contribution in [0.25, 0.3) is 10.2 Å². The molecule has 0 unspecified atom stereocenters. The van der Waals surface area contributed by atoms with Gasteiger partial charge >= 0.3 is 4.87 Å². The lowest BCUT2D eigenvalue weighted by Gasteiger charge is -2.09. The van der Waals surface area contributed by atoms with Crippen molar-refractivity contribution in [2.45, 2.75) is 11.4 Å². The summed E-state index contributed by atoms with van der Waals surface area (Å²) in [4.78, 5) is 16.3. The molecule has 0 radical (unpaired) electrons. The van der Waals surface area contributed by atoms with Crippen molar-refractivity contribution in [1.82, 2.24) is 9.55 Å². The Hall–Kier alpha value is -2.68. The predicted octanol–water partition coefficient (Wildman–Crippen LogP) is 3.96. The molecule has 4 aromatic rings. The van der Waals surface area contributed by atoms with Crippen molar-refractivity contribution < 1.29 is 8.42 Å². The van der Waals surface area contributed by atoms with Gasteiger partial charge in [0.1, 0.15) is 0 Å². The SMILES string of the molecule is O=c1sc2cc(S(=O)(=O)Nc3cccnc3)ccc2n1Cc1ccccc1Cl. The molecule has 0 aliphatic carbocycles. The lowest BCUT2D eigenvalue weighted by atomic mass is 10.2. The van der Waals surface area contributed by atoms with Gasteiger partial charge in [-0.2, -0.15) is 0 Å². The predicted molar refractivity (Wildman–Crippen MR) is 112 cm³/mol. The summed E-state index contributed by atoms with van der Waals surface area (Å²) in [6.07, 6.45) is 2.98. The van der Waals surface area contributed by atoms with Gasteiger partial charge in [-0.1, -0.05) is 41.1 Å². The normalized spacial score (nSPS) is 11.6. The number of hydrogen-bond donors (Lipinski definition) is 1. The largest absolute Gasteiger partial charge is 0.308 e. The van der Waals surface area contributed by atoms with E-state index < -0.39 is 10.0 Å². The zero-order valence-corrected chi connectivity index (χ0v) is 16.8. The third-order valence-electron chi connectivity index (χ3n) is 4.15. The van der Waals surface area contributed by atoms with Crippen LogP contribution in [0.3, 0.4) is 0 Å². The average molecular weight is 432 g/mol. The maximum Gasteiger partial charge on any atom is 0.308 e. The number of hydrogen-bond acceptors (Lipinski definition) is 5. The summed E-state index contributed by atoms with van der Waals surface area (Å²) in [6.45, 7) is 0.318. The van der Waals surface area contributed by atoms with Gasteiger partial charge in [0.05, 0.1) is 33.5 Å². The molecule has 0 atom stereocenters. The van der Waals surface area contributed by atoms with E-state index in [1.807, 2.05) is 18.2 Å². The number of thiazole rings is 1. The van der Waals surface area contributed by atoms with E-state index in [-0.39, 0.29) is 9.77 Å². The molecule has 0 saturated heterocycles. The third kappa shape index (κ3) is 3.66. The van der Waals surface area contributed by atoms with Crippen molar-refractivity contribution in [3.63, 3.8) is 0 Å². The van der Waals surface area contributed by atoms with Crippen LogP contribution in [-0.2, 0) is 16.6 Å². The van der Waals surface area contributed by atoms with Crippen LogP contribution in [0.1, 0.15) is 5.56 Å². The molecule has 2 heterocycles. The molecule has 28 heavy (non-hydrogen) atoms. The summed E-state index contributed by atoms with van der Waals surface area (Å²) in [5.41, 5.74) is 1.85. The summed E-state index contributed by atoms with van der Waals surface area (Å²) >= 11 is 7.20. The van der Waals surface area contributed by atoms with Gasteiger partial charge in [-0.3, -0.25) is 19.1 Å². The van der Waals surface area contributed by atoms with Gasteiger partial charge in [0.25, 0.3) is 10.0 Å². The summed E-state index contributed by atoms with van der Waals surface area (Å²) in [6, 6.07) is 15.2. The van der Waals surface area contributed by atoms with E-state index in [4.69, 9.17) is 11.6 Å². The lowest BCUT2D eigenvalue weighted by Crippen LogP contribution is -2.14. The molecule has 0 aliphatic heterocycles. The number of halogens is 1. The van der Waals surface area contributed by atoms with Crippen molar-refractivity contribution in [1.29, 1.82) is 0 Å². The number of nitrogens with one attached hydrogen (secondary N) is 1. The van der Waals surface area contributed by atoms with Gasteiger partial charge in [0.2, 0.25) is 0 Å². The number of nitrogens with zero attached hydrogens (tertiary/aromatic N) is 2. The highest BCUT2D eigenvalue weighted by molar-refractivity contribution is 7.92. The number of anilines is 1. The second-order valence-electron chi connectivity index (χ2n) is 6.02. The van der Waals surface area contributed by atoms with Crippen molar-refractivity contribution in [3.8, 4) is 0 Å². The first-order valence-electron chi connectivity index (χ1n) is 8.24. The number of aromatic nitrogens is 2. The van der Waals surface area contributed by atoms with Gasteiger partial charge < -0.3 is 0 Å². The van der Waals surface area contributed by atoms with E-state index in [0.29, 0.717) is 27.5 Å². The summed E-state index contributed by atoms with van der Waals surface area (Å²) in [5.74, 6) is 0. The van der Waals surface area contributed by atoms with E-state index >= 15 is 0 Å². The Balaban J connectivity index is 1.71. The molecule has 1 N–H and O–H groups in total. The Morgan fingerprint density at radius 3 is 2.68 bits per heavy atom. The summed E-state index contributed by atoms with van der Waals surface area (Å²) < 4.78 is 29.9. The Bertz CT molecular complexity index is 1320. The van der Waals surface area contributed by atoms with Crippen LogP contribution in [0.4, 0.5) is 5.69 Å². The highest BCUT2D eigenvalue weighted by atomic mass is 35.5. The quantitative estimate of drug-likeness (QED) is 0.518. The molecule has 0 amide bonds. The van der Waals surface area contributed by atoms with Crippen LogP contribution in [0.15, 0.2) is 76.7 Å². The number of fused-ring (bicyclic) bond motifs is 1. The minimum atomic E-state index is -3.79. The lowest BCUT2D eigenvalue weighted by molar-refractivity contribution is 0.601. The second kappa shape index (κ2) is 7.38. The second-order valence-corrected chi connectivity index (χ2v) is 9.11. The van der Waals surface area contributed by atoms with Gasteiger partial charge in [0, 0.05) is 11.2 Å². The number of benzene rings is 2. The fourth-order valence-electron chi connectivity index (χ4n) is 2.80. The zero-order chi connectivity index (χ0) is 19.7. The molecule has 0 fully saturated rings. The number of sulfonamides is 1. The van der Waals surface area contributed by atoms with E-state index in [1.165, 1.54) is 18.3 Å². The van der Waals surface area contributed by atoms with Crippen molar-refractivity contribution >= 4 is 48.9 Å². The molecule has 2 aromatic heterocycles. The van der Waals surface area contributed by atoms with Gasteiger partial charge in [-0.25, -0.2) is 8.42 Å². The van der Waals surface area contributed by atoms with Gasteiger partial charge in [-0.15, -0.1) is 0 Å². The molecule has 142 valence electrons. The van der Waals surface area contributed by atoms with Gasteiger partial charge in [0.15, 0.2) is 0 Å². The molecule has 0 saturated carbocycles. The van der Waals surface area contributed by atoms with E-state index in [0.717, 1.165) is 16.9 Å². The molecule has 0 bridgehead atoms. The van der Waals surface area contributed by atoms with Gasteiger partial charge in [-0.05, 0) is 42.0 Å². The fraction of sp³-hybridized carbons (Fsp3) is 0.0526. The van der Waals surface area contributed by atoms with E-state index in [9.17, 15) is 13.2 Å². The number of pyridine rings is 1. The molecule has 2 aromatic carbocycles. The van der Waals surface area contributed by atoms with Crippen LogP contribution in [0, 0.1) is 0 Å². The van der Waals surface area contributed by atoms with Crippen LogP contribution in [-0.4, -0.2) is 18.0 Å². The fourth-order valence-corrected chi connectivity index (χ4v) is 5.07. The topological polar surface area (TPSA) is 81.1 Å². The van der Waals surface area contributed by atoms with Crippen molar-refractivity contribution in [3.05, 3.63) is 87.2 Å². The Morgan fingerprint density at radius 1 is 1.11 bits per heavy atom. The monoisotopic (exact) mass is 431 g/mol. The van der Waals surface area contributed by atoms with Crippen LogP contribution >= 0.6 is 22.9 Å². The molecular weight excluding hydrogens is 418 g/mol. The van der Waals surface area contributed by atoms with Crippen LogP contribution in [0.5, 0.6) is 0 Å². The molecule has 0 spiro atoms. The zero-order valence-electron chi connectivity index (χ0n) is 14.4. The third-order valence-corrected chi connectivity index (χ3v) is 6.84. The van der Waals surface area contributed by atoms with Crippen LogP contribution < -0.4 is 9.60 Å². The summed E-state index contributed by atoms with van der Waals surface area (Å²) in [5, 5.41) is 0.577. The molecular formula is C19H14ClN3O3S2. The minimum Gasteiger partial charge on any atom is -0.294 e. The Kier molecular flexibility index (Phi) is 4.92. The Morgan fingerprint density at radius 2 is 1.93 bits per heavy atom.